The number of nitrogens with one attached hydrogen (secondary N) is 1. The van der Waals surface area contributed by atoms with E-state index in [1.54, 1.807) is 7.11 Å². The summed E-state index contributed by atoms with van der Waals surface area (Å²) in [5.74, 6) is 2.48. The molecule has 1 fully saturated rings. The molecule has 1 aliphatic heterocycles. The van der Waals surface area contributed by atoms with Gasteiger partial charge in [-0.1, -0.05) is 18.2 Å². The van der Waals surface area contributed by atoms with Crippen LogP contribution in [-0.2, 0) is 9.47 Å². The average Bonchev–Trinajstić information content (AvgIpc) is 3.09. The number of aryl methyl sites for hydroxylation is 2. The van der Waals surface area contributed by atoms with Gasteiger partial charge in [-0.25, -0.2) is 0 Å². The predicted molar refractivity (Wildman–Crippen MR) is 121 cm³/mol. The lowest BCUT2D eigenvalue weighted by Gasteiger charge is -2.22. The van der Waals surface area contributed by atoms with Crippen LogP contribution in [0.25, 0.3) is 0 Å². The number of aliphatic imine (C=N–C) groups is 1. The fourth-order valence-corrected chi connectivity index (χ4v) is 3.23. The minimum atomic E-state index is 0. The lowest BCUT2D eigenvalue weighted by molar-refractivity contribution is 0.0536. The quantitative estimate of drug-likeness (QED) is 0.249. The Morgan fingerprint density at radius 1 is 1.22 bits per heavy atom. The number of hydrogen-bond acceptors (Lipinski definition) is 4. The first-order valence-corrected chi connectivity index (χ1v) is 9.37. The van der Waals surface area contributed by atoms with Crippen molar-refractivity contribution in [2.45, 2.75) is 20.3 Å². The van der Waals surface area contributed by atoms with Crippen molar-refractivity contribution in [2.75, 3.05) is 60.2 Å². The normalized spacial score (nSPS) is 17.0. The lowest BCUT2D eigenvalue weighted by atomic mass is 10.1. The molecule has 0 bridgehead atoms. The van der Waals surface area contributed by atoms with Gasteiger partial charge in [-0.3, -0.25) is 4.99 Å². The van der Waals surface area contributed by atoms with Gasteiger partial charge >= 0.3 is 0 Å². The van der Waals surface area contributed by atoms with Gasteiger partial charge in [-0.2, -0.15) is 0 Å². The number of hydrogen-bond donors (Lipinski definition) is 1. The van der Waals surface area contributed by atoms with E-state index in [0.29, 0.717) is 25.7 Å². The topological polar surface area (TPSA) is 55.3 Å². The molecule has 1 N–H and O–H groups in total. The molecule has 27 heavy (non-hydrogen) atoms. The van der Waals surface area contributed by atoms with Crippen LogP contribution in [0.4, 0.5) is 0 Å². The van der Waals surface area contributed by atoms with E-state index in [2.05, 4.69) is 47.3 Å². The van der Waals surface area contributed by atoms with Crippen LogP contribution < -0.4 is 10.1 Å². The van der Waals surface area contributed by atoms with E-state index in [1.165, 1.54) is 11.1 Å². The van der Waals surface area contributed by atoms with Crippen LogP contribution in [0.5, 0.6) is 5.75 Å². The van der Waals surface area contributed by atoms with E-state index in [-0.39, 0.29) is 24.0 Å². The van der Waals surface area contributed by atoms with Gasteiger partial charge in [0.05, 0.1) is 26.4 Å². The number of guanidine groups is 1. The Morgan fingerprint density at radius 3 is 2.63 bits per heavy atom. The Kier molecular flexibility index (Phi) is 11.7. The van der Waals surface area contributed by atoms with Crippen molar-refractivity contribution in [2.24, 2.45) is 10.9 Å². The zero-order valence-electron chi connectivity index (χ0n) is 17.0. The molecule has 154 valence electrons. The van der Waals surface area contributed by atoms with Crippen molar-refractivity contribution in [3.8, 4) is 5.75 Å². The number of ether oxygens (including phenoxy) is 3. The molecule has 1 aliphatic rings. The zero-order chi connectivity index (χ0) is 18.8. The second-order valence-corrected chi connectivity index (χ2v) is 6.71. The smallest absolute Gasteiger partial charge is 0.193 e. The second kappa shape index (κ2) is 13.2. The average molecular weight is 491 g/mol. The minimum Gasteiger partial charge on any atom is -0.491 e. The molecule has 0 saturated carbocycles. The maximum absolute atomic E-state index is 5.95. The van der Waals surface area contributed by atoms with Crippen molar-refractivity contribution in [3.05, 3.63) is 29.3 Å². The first-order chi connectivity index (χ1) is 12.7. The van der Waals surface area contributed by atoms with E-state index in [0.717, 1.165) is 44.4 Å². The standard InChI is InChI=1S/C20H33N3O3.HI/c1-16-6-5-7-17(2)19(16)26-11-9-22-20(21-3)23-10-8-18(14-23)15-25-13-12-24-4;/h5-7,18H,8-15H2,1-4H3,(H,21,22);1H. The highest BCUT2D eigenvalue weighted by atomic mass is 127. The molecule has 1 heterocycles. The number of para-hydroxylation sites is 1. The summed E-state index contributed by atoms with van der Waals surface area (Å²) in [6, 6.07) is 6.21. The Labute approximate surface area is 180 Å². The first-order valence-electron chi connectivity index (χ1n) is 9.37. The van der Waals surface area contributed by atoms with Crippen molar-refractivity contribution in [3.63, 3.8) is 0 Å². The minimum absolute atomic E-state index is 0. The Bertz CT molecular complexity index is 563. The third-order valence-corrected chi connectivity index (χ3v) is 4.62. The Balaban J connectivity index is 0.00000364. The summed E-state index contributed by atoms with van der Waals surface area (Å²) in [4.78, 5) is 6.70. The molecule has 0 aromatic heterocycles. The maximum Gasteiger partial charge on any atom is 0.193 e. The monoisotopic (exact) mass is 491 g/mol. The van der Waals surface area contributed by atoms with Gasteiger partial charge < -0.3 is 24.4 Å². The largest absolute Gasteiger partial charge is 0.491 e. The molecule has 1 aromatic rings. The molecule has 0 amide bonds. The summed E-state index contributed by atoms with van der Waals surface area (Å²) < 4.78 is 16.6. The highest BCUT2D eigenvalue weighted by molar-refractivity contribution is 14.0. The fraction of sp³-hybridized carbons (Fsp3) is 0.650. The number of nitrogens with zero attached hydrogens (tertiary/aromatic N) is 2. The highest BCUT2D eigenvalue weighted by Crippen LogP contribution is 2.22. The molecular formula is C20H34IN3O3. The van der Waals surface area contributed by atoms with Gasteiger partial charge in [0, 0.05) is 33.2 Å². The van der Waals surface area contributed by atoms with Crippen LogP contribution >= 0.6 is 24.0 Å². The molecule has 0 radical (unpaired) electrons. The van der Waals surface area contributed by atoms with Gasteiger partial charge in [0.2, 0.25) is 0 Å². The molecular weight excluding hydrogens is 457 g/mol. The molecule has 0 spiro atoms. The highest BCUT2D eigenvalue weighted by Gasteiger charge is 2.24. The first kappa shape index (κ1) is 24.0. The van der Waals surface area contributed by atoms with Crippen molar-refractivity contribution in [1.82, 2.24) is 10.2 Å². The fourth-order valence-electron chi connectivity index (χ4n) is 3.23. The van der Waals surface area contributed by atoms with Crippen LogP contribution in [0.15, 0.2) is 23.2 Å². The summed E-state index contributed by atoms with van der Waals surface area (Å²) >= 11 is 0. The number of likely N-dealkylation sites (tertiary alicyclic amines) is 1. The molecule has 1 unspecified atom stereocenters. The van der Waals surface area contributed by atoms with E-state index < -0.39 is 0 Å². The number of benzene rings is 1. The molecule has 1 atom stereocenters. The molecule has 6 nitrogen and oxygen atoms in total. The van der Waals surface area contributed by atoms with Gasteiger partial charge in [0.15, 0.2) is 5.96 Å². The van der Waals surface area contributed by atoms with Crippen molar-refractivity contribution < 1.29 is 14.2 Å². The van der Waals surface area contributed by atoms with Gasteiger partial charge in [-0.15, -0.1) is 24.0 Å². The Hall–Kier alpha value is -1.06. The summed E-state index contributed by atoms with van der Waals surface area (Å²) in [6.45, 7) is 9.58. The molecule has 7 heteroatoms. The predicted octanol–water partition coefficient (Wildman–Crippen LogP) is 2.86. The third kappa shape index (κ3) is 7.83. The van der Waals surface area contributed by atoms with E-state index in [1.807, 2.05) is 7.05 Å². The van der Waals surface area contributed by atoms with Gasteiger partial charge in [0.25, 0.3) is 0 Å². The SMILES string of the molecule is CN=C(NCCOc1c(C)cccc1C)N1CCC(COCCOC)C1.I. The van der Waals surface area contributed by atoms with E-state index >= 15 is 0 Å². The van der Waals surface area contributed by atoms with Gasteiger partial charge in [0.1, 0.15) is 12.4 Å². The lowest BCUT2D eigenvalue weighted by Crippen LogP contribution is -2.41. The molecule has 0 aliphatic carbocycles. The number of halogens is 1. The van der Waals surface area contributed by atoms with Gasteiger partial charge in [-0.05, 0) is 31.4 Å². The maximum atomic E-state index is 5.95. The number of methoxy groups -OCH3 is 1. The molecule has 1 aromatic carbocycles. The zero-order valence-corrected chi connectivity index (χ0v) is 19.3. The summed E-state index contributed by atoms with van der Waals surface area (Å²) in [6.07, 6.45) is 1.13. The van der Waals surface area contributed by atoms with E-state index in [9.17, 15) is 0 Å². The van der Waals surface area contributed by atoms with Crippen molar-refractivity contribution >= 4 is 29.9 Å². The van der Waals surface area contributed by atoms with Crippen LogP contribution in [0.2, 0.25) is 0 Å². The molecule has 2 rings (SSSR count). The summed E-state index contributed by atoms with van der Waals surface area (Å²) in [7, 11) is 3.53. The van der Waals surface area contributed by atoms with E-state index in [4.69, 9.17) is 14.2 Å². The second-order valence-electron chi connectivity index (χ2n) is 6.71. The van der Waals surface area contributed by atoms with Crippen molar-refractivity contribution in [1.29, 1.82) is 0 Å². The summed E-state index contributed by atoms with van der Waals surface area (Å²) in [5, 5.41) is 3.41. The Morgan fingerprint density at radius 2 is 1.96 bits per heavy atom. The molecule has 1 saturated heterocycles. The van der Waals surface area contributed by atoms with Crippen LogP contribution in [0.1, 0.15) is 17.5 Å². The van der Waals surface area contributed by atoms with Crippen LogP contribution in [0.3, 0.4) is 0 Å². The number of rotatable bonds is 9. The summed E-state index contributed by atoms with van der Waals surface area (Å²) in [5.41, 5.74) is 2.34. The van der Waals surface area contributed by atoms with Crippen LogP contribution in [-0.4, -0.2) is 71.1 Å². The van der Waals surface area contributed by atoms with Crippen LogP contribution in [0, 0.1) is 19.8 Å². The third-order valence-electron chi connectivity index (χ3n) is 4.62.